The molecular weight excluding hydrogens is 299 g/mol. The van der Waals surface area contributed by atoms with E-state index in [1.165, 1.54) is 11.1 Å². The summed E-state index contributed by atoms with van der Waals surface area (Å²) < 4.78 is 14.4. The quantitative estimate of drug-likeness (QED) is 0.621. The Labute approximate surface area is 137 Å². The smallest absolute Gasteiger partial charge is 0.171 e. The van der Waals surface area contributed by atoms with Crippen LogP contribution in [0.25, 0.3) is 0 Å². The Morgan fingerprint density at radius 3 is 1.61 bits per heavy atom. The highest BCUT2D eigenvalue weighted by Gasteiger charge is 2.44. The van der Waals surface area contributed by atoms with E-state index in [-0.39, 0.29) is 5.41 Å². The average Bonchev–Trinajstić information content (AvgIpc) is 2.61. The van der Waals surface area contributed by atoms with Crippen LogP contribution in [-0.4, -0.2) is 0 Å². The number of benzene rings is 3. The molecule has 0 bridgehead atoms. The summed E-state index contributed by atoms with van der Waals surface area (Å²) in [5.74, 6) is 0. The second-order valence-electron chi connectivity index (χ2n) is 6.60. The second kappa shape index (κ2) is 4.94. The van der Waals surface area contributed by atoms with Gasteiger partial charge in [-0.05, 0) is 11.1 Å². The van der Waals surface area contributed by atoms with Crippen molar-refractivity contribution in [2.75, 3.05) is 0 Å². The van der Waals surface area contributed by atoms with Gasteiger partial charge in [0, 0.05) is 21.3 Å². The van der Waals surface area contributed by atoms with E-state index >= 15 is 0 Å². The van der Waals surface area contributed by atoms with E-state index in [0.717, 1.165) is 15.9 Å². The highest BCUT2D eigenvalue weighted by Crippen LogP contribution is 2.52. The molecule has 0 radical (unpaired) electrons. The van der Waals surface area contributed by atoms with Gasteiger partial charge < -0.3 is 4.57 Å². The molecule has 0 fully saturated rings. The van der Waals surface area contributed by atoms with Crippen molar-refractivity contribution in [3.63, 3.8) is 0 Å². The van der Waals surface area contributed by atoms with Crippen molar-refractivity contribution in [3.8, 4) is 0 Å². The monoisotopic (exact) mass is 318 g/mol. The molecule has 2 heteroatoms. The zero-order valence-electron chi connectivity index (χ0n) is 13.4. The summed E-state index contributed by atoms with van der Waals surface area (Å²) in [6, 6.07) is 26.3. The summed E-state index contributed by atoms with van der Waals surface area (Å²) in [6.07, 6.45) is 0. The molecule has 0 aromatic heterocycles. The van der Waals surface area contributed by atoms with Crippen LogP contribution in [-0.2, 0) is 9.98 Å². The maximum Gasteiger partial charge on any atom is 0.171 e. The zero-order chi connectivity index (χ0) is 16.1. The lowest BCUT2D eigenvalue weighted by Crippen LogP contribution is -2.42. The summed E-state index contributed by atoms with van der Waals surface area (Å²) in [5, 5.41) is 2.88. The molecule has 0 unspecified atom stereocenters. The van der Waals surface area contributed by atoms with Crippen LogP contribution in [0, 0.1) is 0 Å². The minimum absolute atomic E-state index is 0.143. The van der Waals surface area contributed by atoms with E-state index in [9.17, 15) is 4.57 Å². The Kier molecular flexibility index (Phi) is 3.11. The van der Waals surface area contributed by atoms with Crippen LogP contribution in [0.5, 0.6) is 0 Å². The maximum absolute atomic E-state index is 14.4. The molecule has 1 aliphatic rings. The lowest BCUT2D eigenvalue weighted by atomic mass is 9.78. The topological polar surface area (TPSA) is 17.1 Å². The number of fused-ring (bicyclic) bond motifs is 2. The van der Waals surface area contributed by atoms with Gasteiger partial charge in [0.1, 0.15) is 0 Å². The van der Waals surface area contributed by atoms with Crippen LogP contribution >= 0.6 is 7.14 Å². The van der Waals surface area contributed by atoms with E-state index in [0.29, 0.717) is 0 Å². The Morgan fingerprint density at radius 1 is 0.652 bits per heavy atom. The zero-order valence-corrected chi connectivity index (χ0v) is 14.3. The Bertz CT molecular complexity index is 872. The van der Waals surface area contributed by atoms with Crippen LogP contribution in [0.4, 0.5) is 0 Å². The molecule has 23 heavy (non-hydrogen) atoms. The third-order valence-electron chi connectivity index (χ3n) is 4.95. The molecule has 0 atom stereocenters. The summed E-state index contributed by atoms with van der Waals surface area (Å²) in [5.41, 5.74) is 2.20. The van der Waals surface area contributed by atoms with E-state index in [4.69, 9.17) is 0 Å². The molecule has 0 amide bonds. The lowest BCUT2D eigenvalue weighted by Gasteiger charge is -2.39. The van der Waals surface area contributed by atoms with Crippen LogP contribution in [0.15, 0.2) is 78.9 Å². The van der Waals surface area contributed by atoms with Crippen molar-refractivity contribution in [1.82, 2.24) is 0 Å². The molecule has 0 N–H and O–H groups in total. The van der Waals surface area contributed by atoms with Gasteiger partial charge in [-0.25, -0.2) is 0 Å². The lowest BCUT2D eigenvalue weighted by molar-refractivity contribution is 0.586. The molecule has 1 aliphatic heterocycles. The highest BCUT2D eigenvalue weighted by molar-refractivity contribution is 7.85. The Morgan fingerprint density at radius 2 is 1.09 bits per heavy atom. The van der Waals surface area contributed by atoms with Gasteiger partial charge in [-0.3, -0.25) is 0 Å². The van der Waals surface area contributed by atoms with E-state index in [1.807, 2.05) is 66.7 Å². The Balaban J connectivity index is 2.16. The van der Waals surface area contributed by atoms with Gasteiger partial charge in [-0.15, -0.1) is 0 Å². The highest BCUT2D eigenvalue weighted by atomic mass is 31.2. The molecule has 3 aromatic carbocycles. The number of hydrogen-bond donors (Lipinski definition) is 0. The molecule has 0 aliphatic carbocycles. The molecule has 114 valence electrons. The summed E-state index contributed by atoms with van der Waals surface area (Å²) in [4.78, 5) is 0. The first kappa shape index (κ1) is 14.5. The summed E-state index contributed by atoms with van der Waals surface area (Å²) >= 11 is 0. The SMILES string of the molecule is CC1(C)c2ccccc2P(=O)(c2ccccc2)c2ccccc21. The summed E-state index contributed by atoms with van der Waals surface area (Å²) in [7, 11) is -2.83. The van der Waals surface area contributed by atoms with Crippen LogP contribution in [0.2, 0.25) is 0 Å². The third kappa shape index (κ3) is 1.90. The fraction of sp³-hybridized carbons (Fsp3) is 0.143. The van der Waals surface area contributed by atoms with Gasteiger partial charge >= 0.3 is 0 Å². The first-order chi connectivity index (χ1) is 11.1. The molecule has 0 saturated carbocycles. The van der Waals surface area contributed by atoms with Crippen molar-refractivity contribution in [1.29, 1.82) is 0 Å². The number of hydrogen-bond acceptors (Lipinski definition) is 1. The van der Waals surface area contributed by atoms with Crippen molar-refractivity contribution in [3.05, 3.63) is 90.0 Å². The molecule has 1 heterocycles. The van der Waals surface area contributed by atoms with E-state index in [1.54, 1.807) is 0 Å². The maximum atomic E-state index is 14.4. The molecule has 0 spiro atoms. The van der Waals surface area contributed by atoms with Crippen LogP contribution < -0.4 is 15.9 Å². The van der Waals surface area contributed by atoms with Gasteiger partial charge in [0.25, 0.3) is 0 Å². The van der Waals surface area contributed by atoms with Gasteiger partial charge in [0.2, 0.25) is 0 Å². The fourth-order valence-electron chi connectivity index (χ4n) is 3.74. The molecular formula is C21H19OP. The molecule has 3 aromatic rings. The van der Waals surface area contributed by atoms with Crippen molar-refractivity contribution in [2.45, 2.75) is 19.3 Å². The normalized spacial score (nSPS) is 17.1. The third-order valence-corrected chi connectivity index (χ3v) is 8.12. The predicted octanol–water partition coefficient (Wildman–Crippen LogP) is 3.97. The summed E-state index contributed by atoms with van der Waals surface area (Å²) in [6.45, 7) is 4.44. The minimum atomic E-state index is -2.83. The van der Waals surface area contributed by atoms with E-state index in [2.05, 4.69) is 26.0 Å². The minimum Gasteiger partial charge on any atom is -0.309 e. The standard InChI is InChI=1S/C21H19OP/c1-21(2)17-12-6-8-14-19(17)23(22,16-10-4-3-5-11-16)20-15-9-7-13-18(20)21/h3-15H,1-2H3. The largest absolute Gasteiger partial charge is 0.309 e. The van der Waals surface area contributed by atoms with Crippen molar-refractivity contribution < 1.29 is 4.57 Å². The van der Waals surface area contributed by atoms with E-state index < -0.39 is 7.14 Å². The fourth-order valence-corrected chi connectivity index (χ4v) is 7.13. The second-order valence-corrected chi connectivity index (χ2v) is 9.30. The van der Waals surface area contributed by atoms with Gasteiger partial charge in [0.05, 0.1) is 0 Å². The molecule has 4 rings (SSSR count). The Hall–Kier alpha value is -2.11. The molecule has 1 nitrogen and oxygen atoms in total. The van der Waals surface area contributed by atoms with Crippen molar-refractivity contribution in [2.24, 2.45) is 0 Å². The van der Waals surface area contributed by atoms with Crippen LogP contribution in [0.3, 0.4) is 0 Å². The first-order valence-electron chi connectivity index (χ1n) is 7.92. The van der Waals surface area contributed by atoms with Crippen LogP contribution in [0.1, 0.15) is 25.0 Å². The van der Waals surface area contributed by atoms with Gasteiger partial charge in [0.15, 0.2) is 7.14 Å². The van der Waals surface area contributed by atoms with Gasteiger partial charge in [-0.1, -0.05) is 92.7 Å². The average molecular weight is 318 g/mol. The number of rotatable bonds is 1. The first-order valence-corrected chi connectivity index (χ1v) is 9.63. The predicted molar refractivity (Wildman–Crippen MR) is 98.0 cm³/mol. The molecule has 0 saturated heterocycles. The van der Waals surface area contributed by atoms with Gasteiger partial charge in [-0.2, -0.15) is 0 Å². The van der Waals surface area contributed by atoms with Crippen molar-refractivity contribution >= 4 is 23.1 Å².